The van der Waals surface area contributed by atoms with Gasteiger partial charge in [0.15, 0.2) is 0 Å². The van der Waals surface area contributed by atoms with Crippen molar-refractivity contribution in [2.45, 2.75) is 45.7 Å². The van der Waals surface area contributed by atoms with E-state index in [0.29, 0.717) is 6.61 Å². The molecule has 1 amide bonds. The largest absolute Gasteiger partial charge is 0.493 e. The molecule has 0 spiro atoms. The van der Waals surface area contributed by atoms with E-state index in [1.165, 1.54) is 0 Å². The number of fused-ring (bicyclic) bond motifs is 1. The molecule has 28 heavy (non-hydrogen) atoms. The lowest BCUT2D eigenvalue weighted by Crippen LogP contribution is -2.30. The molecule has 1 aliphatic carbocycles. The summed E-state index contributed by atoms with van der Waals surface area (Å²) in [5.41, 5.74) is 3.21. The molecule has 1 atom stereocenters. The highest BCUT2D eigenvalue weighted by Gasteiger charge is 2.31. The standard InChI is InChI=1S/C23H27N3O2/c1-16-8-3-6-11-21(16)28-15-7-14-26-20-10-5-4-9-19(20)25-22(26)17(2)24-23(27)18-12-13-18/h3-6,8-11,17-18H,7,12-15H2,1-2H3,(H,24,27). The Morgan fingerprint density at radius 3 is 2.75 bits per heavy atom. The number of ether oxygens (including phenoxy) is 1. The molecule has 1 aromatic heterocycles. The second-order valence-electron chi connectivity index (χ2n) is 7.58. The van der Waals surface area contributed by atoms with Crippen LogP contribution in [-0.2, 0) is 11.3 Å². The quantitative estimate of drug-likeness (QED) is 0.592. The zero-order chi connectivity index (χ0) is 19.5. The van der Waals surface area contributed by atoms with E-state index < -0.39 is 0 Å². The van der Waals surface area contributed by atoms with E-state index in [0.717, 1.165) is 54.0 Å². The van der Waals surface area contributed by atoms with Crippen molar-refractivity contribution in [2.75, 3.05) is 6.61 Å². The fourth-order valence-corrected chi connectivity index (χ4v) is 3.52. The Labute approximate surface area is 165 Å². The summed E-state index contributed by atoms with van der Waals surface area (Å²) in [5.74, 6) is 2.19. The molecule has 0 radical (unpaired) electrons. The van der Waals surface area contributed by atoms with E-state index in [4.69, 9.17) is 9.72 Å². The third kappa shape index (κ3) is 4.03. The number of para-hydroxylation sites is 3. The predicted molar refractivity (Wildman–Crippen MR) is 110 cm³/mol. The summed E-state index contributed by atoms with van der Waals surface area (Å²) in [6, 6.07) is 16.1. The first kappa shape index (κ1) is 18.5. The van der Waals surface area contributed by atoms with Gasteiger partial charge in [-0.1, -0.05) is 30.3 Å². The van der Waals surface area contributed by atoms with Crippen molar-refractivity contribution in [3.05, 3.63) is 59.9 Å². The Morgan fingerprint density at radius 2 is 1.96 bits per heavy atom. The average molecular weight is 377 g/mol. The van der Waals surface area contributed by atoms with Crippen molar-refractivity contribution in [2.24, 2.45) is 5.92 Å². The van der Waals surface area contributed by atoms with Crippen LogP contribution in [0.1, 0.15) is 43.6 Å². The number of aryl methyl sites for hydroxylation is 2. The predicted octanol–water partition coefficient (Wildman–Crippen LogP) is 4.40. The lowest BCUT2D eigenvalue weighted by atomic mass is 10.2. The molecule has 5 nitrogen and oxygen atoms in total. The maximum atomic E-state index is 12.2. The van der Waals surface area contributed by atoms with Gasteiger partial charge in [0.05, 0.1) is 23.7 Å². The lowest BCUT2D eigenvalue weighted by molar-refractivity contribution is -0.123. The number of nitrogens with zero attached hydrogens (tertiary/aromatic N) is 2. The molecule has 5 heteroatoms. The Morgan fingerprint density at radius 1 is 1.21 bits per heavy atom. The average Bonchev–Trinajstić information content (AvgIpc) is 3.48. The van der Waals surface area contributed by atoms with Crippen LogP contribution in [-0.4, -0.2) is 22.1 Å². The highest BCUT2D eigenvalue weighted by Crippen LogP contribution is 2.30. The van der Waals surface area contributed by atoms with Crippen LogP contribution in [0.5, 0.6) is 5.75 Å². The van der Waals surface area contributed by atoms with E-state index in [9.17, 15) is 4.79 Å². The topological polar surface area (TPSA) is 56.1 Å². The molecule has 1 N–H and O–H groups in total. The van der Waals surface area contributed by atoms with Crippen molar-refractivity contribution >= 4 is 16.9 Å². The smallest absolute Gasteiger partial charge is 0.223 e. The minimum atomic E-state index is -0.113. The minimum Gasteiger partial charge on any atom is -0.493 e. The Bertz CT molecular complexity index is 975. The van der Waals surface area contributed by atoms with Crippen LogP contribution in [0.2, 0.25) is 0 Å². The zero-order valence-corrected chi connectivity index (χ0v) is 16.5. The molecule has 2 aromatic carbocycles. The first-order valence-corrected chi connectivity index (χ1v) is 10.1. The summed E-state index contributed by atoms with van der Waals surface area (Å²) in [4.78, 5) is 17.0. The van der Waals surface area contributed by atoms with Gasteiger partial charge in [0.1, 0.15) is 11.6 Å². The molecular formula is C23H27N3O2. The lowest BCUT2D eigenvalue weighted by Gasteiger charge is -2.16. The number of hydrogen-bond donors (Lipinski definition) is 1. The Kier molecular flexibility index (Phi) is 5.33. The monoisotopic (exact) mass is 377 g/mol. The SMILES string of the molecule is Cc1ccccc1OCCCn1c(C(C)NC(=O)C2CC2)nc2ccccc21. The zero-order valence-electron chi connectivity index (χ0n) is 16.5. The van der Waals surface area contributed by atoms with Gasteiger partial charge in [-0.3, -0.25) is 4.79 Å². The molecule has 0 bridgehead atoms. The number of benzene rings is 2. The normalized spacial score (nSPS) is 14.8. The van der Waals surface area contributed by atoms with Gasteiger partial charge in [-0.2, -0.15) is 0 Å². The van der Waals surface area contributed by atoms with Crippen LogP contribution in [0.4, 0.5) is 0 Å². The summed E-state index contributed by atoms with van der Waals surface area (Å²) >= 11 is 0. The van der Waals surface area contributed by atoms with Crippen LogP contribution in [0, 0.1) is 12.8 Å². The van der Waals surface area contributed by atoms with Crippen molar-refractivity contribution in [3.8, 4) is 5.75 Å². The van der Waals surface area contributed by atoms with Crippen LogP contribution in [0.25, 0.3) is 11.0 Å². The highest BCUT2D eigenvalue weighted by molar-refractivity contribution is 5.81. The second-order valence-corrected chi connectivity index (χ2v) is 7.58. The number of aromatic nitrogens is 2. The third-order valence-corrected chi connectivity index (χ3v) is 5.26. The van der Waals surface area contributed by atoms with Gasteiger partial charge < -0.3 is 14.6 Å². The first-order valence-electron chi connectivity index (χ1n) is 10.1. The molecule has 3 aromatic rings. The third-order valence-electron chi connectivity index (χ3n) is 5.26. The molecule has 1 heterocycles. The number of nitrogens with one attached hydrogen (secondary N) is 1. The van der Waals surface area contributed by atoms with Crippen molar-refractivity contribution < 1.29 is 9.53 Å². The summed E-state index contributed by atoms with van der Waals surface area (Å²) in [5, 5.41) is 3.13. The summed E-state index contributed by atoms with van der Waals surface area (Å²) in [6.45, 7) is 5.51. The van der Waals surface area contributed by atoms with Crippen molar-refractivity contribution in [1.82, 2.24) is 14.9 Å². The van der Waals surface area contributed by atoms with Gasteiger partial charge in [-0.15, -0.1) is 0 Å². The Hall–Kier alpha value is -2.82. The second kappa shape index (κ2) is 8.05. The molecule has 0 saturated heterocycles. The number of imidazole rings is 1. The maximum Gasteiger partial charge on any atom is 0.223 e. The van der Waals surface area contributed by atoms with Gasteiger partial charge in [-0.25, -0.2) is 4.98 Å². The van der Waals surface area contributed by atoms with E-state index in [-0.39, 0.29) is 17.9 Å². The van der Waals surface area contributed by atoms with E-state index >= 15 is 0 Å². The minimum absolute atomic E-state index is 0.113. The fourth-order valence-electron chi connectivity index (χ4n) is 3.52. The number of carbonyl (C=O) groups is 1. The van der Waals surface area contributed by atoms with Crippen LogP contribution >= 0.6 is 0 Å². The number of hydrogen-bond acceptors (Lipinski definition) is 3. The van der Waals surface area contributed by atoms with Crippen molar-refractivity contribution in [3.63, 3.8) is 0 Å². The maximum absolute atomic E-state index is 12.2. The van der Waals surface area contributed by atoms with Gasteiger partial charge >= 0.3 is 0 Å². The Balaban J connectivity index is 1.46. The van der Waals surface area contributed by atoms with Crippen LogP contribution in [0.15, 0.2) is 48.5 Å². The summed E-state index contributed by atoms with van der Waals surface area (Å²) in [6.07, 6.45) is 2.88. The molecular weight excluding hydrogens is 350 g/mol. The van der Waals surface area contributed by atoms with Gasteiger partial charge in [0, 0.05) is 12.5 Å². The van der Waals surface area contributed by atoms with E-state index in [1.807, 2.05) is 43.3 Å². The summed E-state index contributed by atoms with van der Waals surface area (Å²) < 4.78 is 8.16. The van der Waals surface area contributed by atoms with Crippen LogP contribution in [0.3, 0.4) is 0 Å². The van der Waals surface area contributed by atoms with Gasteiger partial charge in [0.2, 0.25) is 5.91 Å². The molecule has 1 fully saturated rings. The fraction of sp³-hybridized carbons (Fsp3) is 0.391. The summed E-state index contributed by atoms with van der Waals surface area (Å²) in [7, 11) is 0. The highest BCUT2D eigenvalue weighted by atomic mass is 16.5. The molecule has 1 aliphatic rings. The van der Waals surface area contributed by atoms with Gasteiger partial charge in [-0.05, 0) is 56.9 Å². The number of carbonyl (C=O) groups excluding carboxylic acids is 1. The van der Waals surface area contributed by atoms with Gasteiger partial charge in [0.25, 0.3) is 0 Å². The molecule has 1 saturated carbocycles. The molecule has 146 valence electrons. The number of amides is 1. The molecule has 0 aliphatic heterocycles. The first-order chi connectivity index (χ1) is 13.6. The number of rotatable bonds is 8. The van der Waals surface area contributed by atoms with Crippen molar-refractivity contribution in [1.29, 1.82) is 0 Å². The van der Waals surface area contributed by atoms with Crippen LogP contribution < -0.4 is 10.1 Å². The molecule has 1 unspecified atom stereocenters. The van der Waals surface area contributed by atoms with E-state index in [2.05, 4.69) is 28.9 Å². The van der Waals surface area contributed by atoms with E-state index in [1.54, 1.807) is 0 Å². The molecule has 4 rings (SSSR count).